The average Bonchev–Trinajstić information content (AvgIpc) is 2.68. The maximum atomic E-state index is 13.0. The third-order valence-electron chi connectivity index (χ3n) is 4.85. The van der Waals surface area contributed by atoms with E-state index < -0.39 is 10.0 Å². The number of nitrogens with zero attached hydrogens (tertiary/aromatic N) is 2. The minimum atomic E-state index is -3.50. The summed E-state index contributed by atoms with van der Waals surface area (Å²) in [5.74, 6) is -0.297. The van der Waals surface area contributed by atoms with Gasteiger partial charge in [0.25, 0.3) is 11.8 Å². The number of amides is 2. The molecule has 7 nitrogen and oxygen atoms in total. The van der Waals surface area contributed by atoms with E-state index in [4.69, 9.17) is 0 Å². The molecule has 2 aromatic carbocycles. The normalized spacial score (nSPS) is 14.6. The van der Waals surface area contributed by atoms with Gasteiger partial charge in [0.15, 0.2) is 0 Å². The highest BCUT2D eigenvalue weighted by Crippen LogP contribution is 2.21. The summed E-state index contributed by atoms with van der Waals surface area (Å²) in [7, 11) is -3.50. The molecule has 2 amide bonds. The van der Waals surface area contributed by atoms with Crippen molar-refractivity contribution in [3.05, 3.63) is 64.7 Å². The van der Waals surface area contributed by atoms with Crippen molar-refractivity contribution in [3.63, 3.8) is 0 Å². The summed E-state index contributed by atoms with van der Waals surface area (Å²) in [5, 5.41) is 0. The van der Waals surface area contributed by atoms with Gasteiger partial charge in [-0.1, -0.05) is 29.3 Å². The molecule has 0 aliphatic carbocycles. The SMILES string of the molecule is Cc1ccc(C(=O)N2CCN(C(=O)c3cc(C)ccc3NS(C)(=O)=O)CC2)cc1. The molecule has 1 saturated heterocycles. The van der Waals surface area contributed by atoms with Crippen LogP contribution in [0.5, 0.6) is 0 Å². The van der Waals surface area contributed by atoms with Crippen molar-refractivity contribution >= 4 is 27.5 Å². The highest BCUT2D eigenvalue weighted by molar-refractivity contribution is 7.92. The van der Waals surface area contributed by atoms with Crippen LogP contribution in [0.25, 0.3) is 0 Å². The fourth-order valence-electron chi connectivity index (χ4n) is 3.29. The molecule has 0 radical (unpaired) electrons. The molecule has 0 aromatic heterocycles. The fourth-order valence-corrected chi connectivity index (χ4v) is 3.86. The van der Waals surface area contributed by atoms with E-state index in [1.54, 1.807) is 28.0 Å². The summed E-state index contributed by atoms with van der Waals surface area (Å²) in [4.78, 5) is 29.1. The lowest BCUT2D eigenvalue weighted by Gasteiger charge is -2.35. The number of piperazine rings is 1. The predicted octanol–water partition coefficient (Wildman–Crippen LogP) is 2.27. The number of nitrogens with one attached hydrogen (secondary N) is 1. The Bertz CT molecular complexity index is 1020. The van der Waals surface area contributed by atoms with Crippen LogP contribution < -0.4 is 4.72 Å². The van der Waals surface area contributed by atoms with Gasteiger partial charge in [0.05, 0.1) is 17.5 Å². The zero-order valence-corrected chi connectivity index (χ0v) is 17.6. The molecule has 1 aliphatic heterocycles. The number of hydrogen-bond donors (Lipinski definition) is 1. The smallest absolute Gasteiger partial charge is 0.256 e. The van der Waals surface area contributed by atoms with Gasteiger partial charge in [0.2, 0.25) is 10.0 Å². The van der Waals surface area contributed by atoms with E-state index in [2.05, 4.69) is 4.72 Å². The molecule has 1 fully saturated rings. The molecule has 0 saturated carbocycles. The Balaban J connectivity index is 1.71. The van der Waals surface area contributed by atoms with Gasteiger partial charge >= 0.3 is 0 Å². The maximum Gasteiger partial charge on any atom is 0.256 e. The highest BCUT2D eigenvalue weighted by atomic mass is 32.2. The molecular formula is C21H25N3O4S. The Morgan fingerprint density at radius 1 is 0.828 bits per heavy atom. The van der Waals surface area contributed by atoms with Crippen LogP contribution >= 0.6 is 0 Å². The van der Waals surface area contributed by atoms with Crippen molar-refractivity contribution in [2.24, 2.45) is 0 Å². The molecule has 8 heteroatoms. The molecule has 154 valence electrons. The van der Waals surface area contributed by atoms with Crippen LogP contribution in [-0.4, -0.2) is 62.5 Å². The molecule has 0 bridgehead atoms. The van der Waals surface area contributed by atoms with Crippen LogP contribution in [0, 0.1) is 13.8 Å². The lowest BCUT2D eigenvalue weighted by molar-refractivity contribution is 0.0536. The number of sulfonamides is 1. The number of carbonyl (C=O) groups is 2. The van der Waals surface area contributed by atoms with Crippen molar-refractivity contribution in [2.45, 2.75) is 13.8 Å². The van der Waals surface area contributed by atoms with Gasteiger partial charge < -0.3 is 9.80 Å². The van der Waals surface area contributed by atoms with Crippen LogP contribution in [0.3, 0.4) is 0 Å². The minimum Gasteiger partial charge on any atom is -0.335 e. The van der Waals surface area contributed by atoms with Crippen LogP contribution in [0.2, 0.25) is 0 Å². The molecule has 29 heavy (non-hydrogen) atoms. The molecule has 0 spiro atoms. The molecule has 1 aliphatic rings. The Hall–Kier alpha value is -2.87. The highest BCUT2D eigenvalue weighted by Gasteiger charge is 2.27. The van der Waals surface area contributed by atoms with Crippen LogP contribution in [0.4, 0.5) is 5.69 Å². The van der Waals surface area contributed by atoms with Crippen molar-refractivity contribution < 1.29 is 18.0 Å². The van der Waals surface area contributed by atoms with E-state index in [0.29, 0.717) is 37.3 Å². The number of anilines is 1. The van der Waals surface area contributed by atoms with Crippen molar-refractivity contribution in [1.29, 1.82) is 0 Å². The van der Waals surface area contributed by atoms with Crippen molar-refractivity contribution in [1.82, 2.24) is 9.80 Å². The third kappa shape index (κ3) is 5.14. The first-order valence-corrected chi connectivity index (χ1v) is 11.3. The first-order valence-electron chi connectivity index (χ1n) is 9.38. The second-order valence-electron chi connectivity index (χ2n) is 7.37. The minimum absolute atomic E-state index is 0.0490. The Morgan fingerprint density at radius 3 is 1.90 bits per heavy atom. The summed E-state index contributed by atoms with van der Waals surface area (Å²) in [5.41, 5.74) is 3.16. The van der Waals surface area contributed by atoms with Crippen LogP contribution in [-0.2, 0) is 10.0 Å². The molecule has 3 rings (SSSR count). The summed E-state index contributed by atoms with van der Waals surface area (Å²) in [6.45, 7) is 5.46. The first-order chi connectivity index (χ1) is 13.6. The summed E-state index contributed by atoms with van der Waals surface area (Å²) in [6.07, 6.45) is 1.05. The van der Waals surface area contributed by atoms with Crippen LogP contribution in [0.1, 0.15) is 31.8 Å². The molecular weight excluding hydrogens is 390 g/mol. The molecule has 1 heterocycles. The Labute approximate surface area is 171 Å². The lowest BCUT2D eigenvalue weighted by atomic mass is 10.1. The van der Waals surface area contributed by atoms with Gasteiger partial charge in [-0.2, -0.15) is 0 Å². The van der Waals surface area contributed by atoms with E-state index >= 15 is 0 Å². The number of rotatable bonds is 4. The zero-order chi connectivity index (χ0) is 21.2. The summed E-state index contributed by atoms with van der Waals surface area (Å²) in [6, 6.07) is 12.5. The monoisotopic (exact) mass is 415 g/mol. The molecule has 2 aromatic rings. The van der Waals surface area contributed by atoms with Gasteiger partial charge in [0.1, 0.15) is 0 Å². The zero-order valence-electron chi connectivity index (χ0n) is 16.8. The van der Waals surface area contributed by atoms with Gasteiger partial charge in [-0.3, -0.25) is 14.3 Å². The Kier molecular flexibility index (Phi) is 5.93. The maximum absolute atomic E-state index is 13.0. The standard InChI is InChI=1S/C21H25N3O4S/c1-15-4-7-17(8-5-15)20(25)23-10-12-24(13-11-23)21(26)18-14-16(2)6-9-19(18)22-29(3,27)28/h4-9,14,22H,10-13H2,1-3H3. The van der Waals surface area contributed by atoms with E-state index in [0.717, 1.165) is 17.4 Å². The van der Waals surface area contributed by atoms with Crippen molar-refractivity contribution in [3.8, 4) is 0 Å². The topological polar surface area (TPSA) is 86.8 Å². The van der Waals surface area contributed by atoms with E-state index in [-0.39, 0.29) is 17.5 Å². The van der Waals surface area contributed by atoms with Crippen LogP contribution in [0.15, 0.2) is 42.5 Å². The van der Waals surface area contributed by atoms with Gasteiger partial charge in [-0.05, 0) is 38.1 Å². The lowest BCUT2D eigenvalue weighted by Crippen LogP contribution is -2.50. The average molecular weight is 416 g/mol. The number of hydrogen-bond acceptors (Lipinski definition) is 4. The van der Waals surface area contributed by atoms with Crippen molar-refractivity contribution in [2.75, 3.05) is 37.2 Å². The van der Waals surface area contributed by atoms with E-state index in [1.807, 2.05) is 38.1 Å². The van der Waals surface area contributed by atoms with E-state index in [1.165, 1.54) is 0 Å². The fraction of sp³-hybridized carbons (Fsp3) is 0.333. The van der Waals surface area contributed by atoms with Gasteiger partial charge in [0, 0.05) is 31.7 Å². The Morgan fingerprint density at radius 2 is 1.34 bits per heavy atom. The first kappa shape index (κ1) is 20.9. The van der Waals surface area contributed by atoms with Gasteiger partial charge in [-0.15, -0.1) is 0 Å². The number of aryl methyl sites for hydroxylation is 2. The van der Waals surface area contributed by atoms with Gasteiger partial charge in [-0.25, -0.2) is 8.42 Å². The molecule has 0 unspecified atom stereocenters. The third-order valence-corrected chi connectivity index (χ3v) is 5.44. The number of benzene rings is 2. The second-order valence-corrected chi connectivity index (χ2v) is 9.12. The largest absolute Gasteiger partial charge is 0.335 e. The quantitative estimate of drug-likeness (QED) is 0.830. The molecule has 1 N–H and O–H groups in total. The summed E-state index contributed by atoms with van der Waals surface area (Å²) < 4.78 is 25.7. The van der Waals surface area contributed by atoms with E-state index in [9.17, 15) is 18.0 Å². The number of carbonyl (C=O) groups excluding carboxylic acids is 2. The predicted molar refractivity (Wildman–Crippen MR) is 113 cm³/mol. The second kappa shape index (κ2) is 8.24. The molecule has 0 atom stereocenters. The summed E-state index contributed by atoms with van der Waals surface area (Å²) >= 11 is 0.